The van der Waals surface area contributed by atoms with Crippen LogP contribution in [0.4, 0.5) is 10.5 Å². The highest BCUT2D eigenvalue weighted by molar-refractivity contribution is 6.46. The number of hydrogen-bond donors (Lipinski definition) is 3. The zero-order valence-corrected chi connectivity index (χ0v) is 11.5. The first-order chi connectivity index (χ1) is 10.5. The van der Waals surface area contributed by atoms with Crippen molar-refractivity contribution in [2.24, 2.45) is 5.10 Å². The molecule has 0 atom stereocenters. The second kappa shape index (κ2) is 8.01. The van der Waals surface area contributed by atoms with E-state index in [-0.39, 0.29) is 12.2 Å². The number of hydrogen-bond acceptors (Lipinski definition) is 7. The first-order valence-electron chi connectivity index (χ1n) is 6.03. The average molecular weight is 304 g/mol. The Labute approximate surface area is 125 Å². The molecule has 0 saturated heterocycles. The highest BCUT2D eigenvalue weighted by Crippen LogP contribution is 2.09. The van der Waals surface area contributed by atoms with Gasteiger partial charge in [-0.05, 0) is 31.2 Å². The molecule has 1 rings (SSSR count). The van der Waals surface area contributed by atoms with E-state index in [1.54, 1.807) is 6.92 Å². The molecule has 9 heteroatoms. The number of benzene rings is 1. The molecule has 22 heavy (non-hydrogen) atoms. The summed E-state index contributed by atoms with van der Waals surface area (Å²) in [4.78, 5) is 33.3. The molecule has 0 saturated carbocycles. The summed E-state index contributed by atoms with van der Waals surface area (Å²) in [6.45, 7) is 1.64. The standard InChI is InChI=1S/C13H12N4O5/c1-2-22-13(21)15-11(18)10(7-14)17-16-9-5-3-8(4-6-9)12(19)20/h3-6,16H,2H2,1H3,(H,19,20)(H,15,18,21). The second-order valence-electron chi connectivity index (χ2n) is 3.74. The van der Waals surface area contributed by atoms with E-state index >= 15 is 0 Å². The van der Waals surface area contributed by atoms with Crippen LogP contribution >= 0.6 is 0 Å². The van der Waals surface area contributed by atoms with Crippen LogP contribution in [0, 0.1) is 11.3 Å². The third-order valence-electron chi connectivity index (χ3n) is 2.24. The summed E-state index contributed by atoms with van der Waals surface area (Å²) in [6.07, 6.45) is -0.985. The molecule has 114 valence electrons. The maximum atomic E-state index is 11.5. The van der Waals surface area contributed by atoms with Gasteiger partial charge < -0.3 is 9.84 Å². The van der Waals surface area contributed by atoms with Gasteiger partial charge in [0, 0.05) is 0 Å². The fraction of sp³-hybridized carbons (Fsp3) is 0.154. The number of nitriles is 1. The van der Waals surface area contributed by atoms with Crippen LogP contribution in [-0.4, -0.2) is 35.4 Å². The van der Waals surface area contributed by atoms with E-state index in [9.17, 15) is 14.4 Å². The van der Waals surface area contributed by atoms with Crippen LogP contribution in [0.1, 0.15) is 17.3 Å². The van der Waals surface area contributed by atoms with Gasteiger partial charge in [0.2, 0.25) is 5.71 Å². The lowest BCUT2D eigenvalue weighted by Crippen LogP contribution is -2.36. The minimum Gasteiger partial charge on any atom is -0.478 e. The van der Waals surface area contributed by atoms with Crippen molar-refractivity contribution in [3.63, 3.8) is 0 Å². The number of carboxylic acid groups (broad SMARTS) is 1. The van der Waals surface area contributed by atoms with Crippen molar-refractivity contribution in [2.75, 3.05) is 12.0 Å². The molecule has 0 aliphatic carbocycles. The molecule has 0 bridgehead atoms. The minimum absolute atomic E-state index is 0.0757. The molecule has 0 aliphatic rings. The molecular weight excluding hydrogens is 292 g/mol. The Bertz CT molecular complexity index is 645. The van der Waals surface area contributed by atoms with Crippen molar-refractivity contribution in [3.8, 4) is 6.07 Å². The number of nitrogens with zero attached hydrogens (tertiary/aromatic N) is 2. The molecule has 0 radical (unpaired) electrons. The molecule has 1 aromatic rings. The normalized spacial score (nSPS) is 10.3. The molecule has 3 N–H and O–H groups in total. The topological polar surface area (TPSA) is 141 Å². The highest BCUT2D eigenvalue weighted by Gasteiger charge is 2.15. The van der Waals surface area contributed by atoms with E-state index in [1.165, 1.54) is 30.3 Å². The van der Waals surface area contributed by atoms with Crippen LogP contribution in [0.15, 0.2) is 29.4 Å². The number of amides is 2. The number of imide groups is 1. The number of hydrazone groups is 1. The minimum atomic E-state index is -1.08. The van der Waals surface area contributed by atoms with Crippen molar-refractivity contribution in [1.29, 1.82) is 5.26 Å². The maximum absolute atomic E-state index is 11.5. The molecule has 0 fully saturated rings. The van der Waals surface area contributed by atoms with Gasteiger partial charge in [-0.15, -0.1) is 0 Å². The van der Waals surface area contributed by atoms with Crippen molar-refractivity contribution in [2.45, 2.75) is 6.92 Å². The van der Waals surface area contributed by atoms with Gasteiger partial charge in [-0.2, -0.15) is 10.4 Å². The van der Waals surface area contributed by atoms with E-state index in [4.69, 9.17) is 10.4 Å². The van der Waals surface area contributed by atoms with Crippen LogP contribution in [0.3, 0.4) is 0 Å². The van der Waals surface area contributed by atoms with Gasteiger partial charge in [-0.3, -0.25) is 15.5 Å². The Hall–Kier alpha value is -3.41. The number of carboxylic acids is 1. The third kappa shape index (κ3) is 4.93. The highest BCUT2D eigenvalue weighted by atomic mass is 16.5. The van der Waals surface area contributed by atoms with E-state index in [0.717, 1.165) is 0 Å². The molecule has 0 aromatic heterocycles. The van der Waals surface area contributed by atoms with Gasteiger partial charge in [0.25, 0.3) is 5.91 Å². The molecule has 1 aromatic carbocycles. The van der Waals surface area contributed by atoms with E-state index in [0.29, 0.717) is 5.69 Å². The smallest absolute Gasteiger partial charge is 0.414 e. The van der Waals surface area contributed by atoms with Gasteiger partial charge in [-0.25, -0.2) is 9.59 Å². The van der Waals surface area contributed by atoms with Gasteiger partial charge in [0.15, 0.2) is 0 Å². The van der Waals surface area contributed by atoms with Gasteiger partial charge >= 0.3 is 12.1 Å². The Morgan fingerprint density at radius 3 is 2.45 bits per heavy atom. The predicted molar refractivity (Wildman–Crippen MR) is 75.2 cm³/mol. The summed E-state index contributed by atoms with van der Waals surface area (Å²) in [6, 6.07) is 6.99. The quantitative estimate of drug-likeness (QED) is 0.543. The number of carbonyl (C=O) groups excluding carboxylic acids is 2. The van der Waals surface area contributed by atoms with Crippen LogP contribution in [0.2, 0.25) is 0 Å². The zero-order valence-electron chi connectivity index (χ0n) is 11.5. The molecule has 2 amide bonds. The van der Waals surface area contributed by atoms with E-state index in [1.807, 2.05) is 5.32 Å². The monoisotopic (exact) mass is 304 g/mol. The zero-order chi connectivity index (χ0) is 16.5. The van der Waals surface area contributed by atoms with Crippen LogP contribution in [0.25, 0.3) is 0 Å². The summed E-state index contributed by atoms with van der Waals surface area (Å²) in [5, 5.41) is 22.9. The summed E-state index contributed by atoms with van der Waals surface area (Å²) in [5.41, 5.74) is 2.26. The Kier molecular flexibility index (Phi) is 6.06. The summed E-state index contributed by atoms with van der Waals surface area (Å²) in [5.74, 6) is -2.10. The summed E-state index contributed by atoms with van der Waals surface area (Å²) in [7, 11) is 0. The lowest BCUT2D eigenvalue weighted by molar-refractivity contribution is -0.114. The molecule has 9 nitrogen and oxygen atoms in total. The van der Waals surface area contributed by atoms with Crippen LogP contribution < -0.4 is 10.7 Å². The first kappa shape index (κ1) is 16.6. The van der Waals surface area contributed by atoms with Gasteiger partial charge in [0.1, 0.15) is 6.07 Å². The lowest BCUT2D eigenvalue weighted by Gasteiger charge is -2.03. The third-order valence-corrected chi connectivity index (χ3v) is 2.24. The second-order valence-corrected chi connectivity index (χ2v) is 3.74. The molecule has 0 spiro atoms. The largest absolute Gasteiger partial charge is 0.478 e. The predicted octanol–water partition coefficient (Wildman–Crippen LogP) is 0.949. The molecular formula is C13H12N4O5. The van der Waals surface area contributed by atoms with Crippen molar-refractivity contribution < 1.29 is 24.2 Å². The Balaban J connectivity index is 2.73. The van der Waals surface area contributed by atoms with Crippen LogP contribution in [0.5, 0.6) is 0 Å². The average Bonchev–Trinajstić information content (AvgIpc) is 2.48. The van der Waals surface area contributed by atoms with Crippen molar-refractivity contribution >= 4 is 29.4 Å². The summed E-state index contributed by atoms with van der Waals surface area (Å²) < 4.78 is 4.49. The van der Waals surface area contributed by atoms with Crippen molar-refractivity contribution in [1.82, 2.24) is 5.32 Å². The Morgan fingerprint density at radius 1 is 1.32 bits per heavy atom. The number of alkyl carbamates (subject to hydrolysis) is 1. The lowest BCUT2D eigenvalue weighted by atomic mass is 10.2. The Morgan fingerprint density at radius 2 is 1.95 bits per heavy atom. The van der Waals surface area contributed by atoms with Crippen molar-refractivity contribution in [3.05, 3.63) is 29.8 Å². The number of carbonyl (C=O) groups is 3. The van der Waals surface area contributed by atoms with Gasteiger partial charge in [-0.1, -0.05) is 0 Å². The van der Waals surface area contributed by atoms with Crippen LogP contribution in [-0.2, 0) is 9.53 Å². The molecule has 0 heterocycles. The van der Waals surface area contributed by atoms with Gasteiger partial charge in [0.05, 0.1) is 17.9 Å². The number of anilines is 1. The number of rotatable bonds is 5. The number of aromatic carboxylic acids is 1. The maximum Gasteiger partial charge on any atom is 0.414 e. The molecule has 0 unspecified atom stereocenters. The summed E-state index contributed by atoms with van der Waals surface area (Å²) >= 11 is 0. The van der Waals surface area contributed by atoms with E-state index in [2.05, 4.69) is 15.3 Å². The first-order valence-corrected chi connectivity index (χ1v) is 6.03. The SMILES string of the molecule is CCOC(=O)NC(=O)C(C#N)=NNc1ccc(C(=O)O)cc1. The fourth-order valence-corrected chi connectivity index (χ4v) is 1.25. The number of nitrogens with one attached hydrogen (secondary N) is 2. The van der Waals surface area contributed by atoms with E-state index < -0.39 is 23.7 Å². The number of ether oxygens (including phenoxy) is 1. The fourth-order valence-electron chi connectivity index (χ4n) is 1.25. The molecule has 0 aliphatic heterocycles.